The van der Waals surface area contributed by atoms with Gasteiger partial charge in [-0.1, -0.05) is 92.5 Å². The second kappa shape index (κ2) is 19.6. The van der Waals surface area contributed by atoms with Crippen LogP contribution in [0.1, 0.15) is 98.1 Å². The average Bonchev–Trinajstić information content (AvgIpc) is 3.66. The smallest absolute Gasteiger partial charge is 0.236 e. The highest BCUT2D eigenvalue weighted by Gasteiger charge is 2.65. The molecule has 0 fully saturated rings. The number of Topliss-reactive ketones (excluding diaryl/α,β-unsaturated/α-hetero) is 2. The van der Waals surface area contributed by atoms with Crippen LogP contribution in [0.2, 0.25) is 18.1 Å². The summed E-state index contributed by atoms with van der Waals surface area (Å²) in [6.07, 6.45) is 3.83. The maximum atomic E-state index is 15.9. The molecule has 0 aliphatic rings. The van der Waals surface area contributed by atoms with Crippen molar-refractivity contribution in [3.8, 4) is 0 Å². The lowest BCUT2D eigenvalue weighted by atomic mass is 9.65. The van der Waals surface area contributed by atoms with Gasteiger partial charge in [0, 0.05) is 30.6 Å². The number of nitrogens with two attached hydrogens (primary N) is 3. The van der Waals surface area contributed by atoms with Gasteiger partial charge in [0.25, 0.3) is 0 Å². The monoisotopic (exact) mass is 839 g/mol. The summed E-state index contributed by atoms with van der Waals surface area (Å²) >= 11 is 0. The van der Waals surface area contributed by atoms with Crippen molar-refractivity contribution in [2.24, 2.45) is 40.4 Å². The zero-order valence-corrected chi connectivity index (χ0v) is 38.4. The SMILES string of the molecule is CC[C@H](C)[C@H](N)C(=O)C(NC(=O)[C@@](C(=O)[C@@H](N)Cc1cnc[nH]1)(C(C)C)C([C@@H](O[Si](C)(C)C(C)(C)C)[C@@H](N)CC(C)C)S(=O)(=O)c1ccc(C)cc1)c1ccccn1. The van der Waals surface area contributed by atoms with Gasteiger partial charge in [-0.15, -0.1) is 0 Å². The maximum absolute atomic E-state index is 15.9. The first-order valence-electron chi connectivity index (χ1n) is 20.4. The van der Waals surface area contributed by atoms with E-state index in [1.54, 1.807) is 44.2 Å². The van der Waals surface area contributed by atoms with Crippen molar-refractivity contribution >= 4 is 35.6 Å². The Bertz CT molecular complexity index is 1920. The number of nitrogens with zero attached hydrogens (tertiary/aromatic N) is 2. The Morgan fingerprint density at radius 1 is 0.966 bits per heavy atom. The van der Waals surface area contributed by atoms with E-state index in [0.717, 1.165) is 5.56 Å². The molecular weight excluding hydrogens is 771 g/mol. The predicted octanol–water partition coefficient (Wildman–Crippen LogP) is 5.60. The molecule has 58 heavy (non-hydrogen) atoms. The number of benzene rings is 1. The molecule has 8 N–H and O–H groups in total. The Kier molecular flexibility index (Phi) is 16.5. The molecule has 322 valence electrons. The molecule has 2 aromatic heterocycles. The molecule has 3 aromatic rings. The summed E-state index contributed by atoms with van der Waals surface area (Å²) < 4.78 is 38.8. The Morgan fingerprint density at radius 2 is 1.59 bits per heavy atom. The molecular formula is C43H69N7O6SSi. The molecule has 3 rings (SSSR count). The standard InChI is InChI=1S/C43H69N7O6SSi/c1-13-29(7)35(46)37(51)36(34-16-14-15-21-48-34)50-41(53)43(27(4)5,39(52)33(45)23-30-24-47-25-49-30)40(57(54,55)31-19-17-28(6)18-20-31)38(32(44)22-26(2)3)56-58(11,12)42(8,9)10/h14-21,24-27,29,32-33,35-36,38,40H,13,22-23,44-46H2,1-12H3,(H,47,49)(H,50,53)/t29-,32-,33-,35-,36?,38-,40?,43+/m0/s1. The number of imidazole rings is 1. The summed E-state index contributed by atoms with van der Waals surface area (Å²) in [5, 5.41) is 0.514. The van der Waals surface area contributed by atoms with Crippen LogP contribution >= 0.6 is 0 Å². The summed E-state index contributed by atoms with van der Waals surface area (Å²) in [5.74, 6) is -3.75. The van der Waals surface area contributed by atoms with E-state index in [9.17, 15) is 4.79 Å². The van der Waals surface area contributed by atoms with Gasteiger partial charge in [0.1, 0.15) is 16.7 Å². The summed E-state index contributed by atoms with van der Waals surface area (Å²) in [6.45, 7) is 22.8. The highest BCUT2D eigenvalue weighted by molar-refractivity contribution is 7.92. The highest BCUT2D eigenvalue weighted by Crippen LogP contribution is 2.47. The number of H-pyrrole nitrogens is 1. The van der Waals surface area contributed by atoms with E-state index in [-0.39, 0.29) is 28.8 Å². The molecule has 0 radical (unpaired) electrons. The number of carbonyl (C=O) groups is 3. The van der Waals surface area contributed by atoms with Crippen LogP contribution in [0.15, 0.2) is 66.1 Å². The number of aromatic nitrogens is 3. The summed E-state index contributed by atoms with van der Waals surface area (Å²) in [4.78, 5) is 57.4. The third-order valence-electron chi connectivity index (χ3n) is 12.0. The van der Waals surface area contributed by atoms with Gasteiger partial charge < -0.3 is 31.9 Å². The third-order valence-corrected chi connectivity index (χ3v) is 18.7. The van der Waals surface area contributed by atoms with Crippen LogP contribution in [0.3, 0.4) is 0 Å². The van der Waals surface area contributed by atoms with Crippen LogP contribution in [-0.2, 0) is 35.1 Å². The molecule has 0 saturated heterocycles. The Balaban J connectivity index is 2.58. The zero-order valence-electron chi connectivity index (χ0n) is 36.6. The van der Waals surface area contributed by atoms with E-state index in [4.69, 9.17) is 21.6 Å². The van der Waals surface area contributed by atoms with Crippen LogP contribution in [-0.4, -0.2) is 78.6 Å². The molecule has 0 aliphatic carbocycles. The van der Waals surface area contributed by atoms with E-state index < -0.39 is 87.5 Å². The number of hydrogen-bond donors (Lipinski definition) is 5. The number of ketones is 2. The lowest BCUT2D eigenvalue weighted by molar-refractivity contribution is -0.150. The van der Waals surface area contributed by atoms with Crippen molar-refractivity contribution in [1.29, 1.82) is 0 Å². The van der Waals surface area contributed by atoms with Crippen LogP contribution < -0.4 is 22.5 Å². The number of hydrogen-bond acceptors (Lipinski definition) is 11. The maximum Gasteiger partial charge on any atom is 0.236 e. The summed E-state index contributed by atoms with van der Waals surface area (Å²) in [6, 6.07) is 6.34. The van der Waals surface area contributed by atoms with Gasteiger partial charge >= 0.3 is 0 Å². The average molecular weight is 840 g/mol. The van der Waals surface area contributed by atoms with Crippen LogP contribution in [0, 0.1) is 30.1 Å². The number of rotatable bonds is 21. The number of carbonyl (C=O) groups excluding carboxylic acids is 3. The first-order chi connectivity index (χ1) is 26.8. The number of aryl methyl sites for hydroxylation is 1. The van der Waals surface area contributed by atoms with E-state index in [1.165, 1.54) is 30.9 Å². The molecule has 2 heterocycles. The number of pyridine rings is 1. The minimum absolute atomic E-state index is 0.0166. The normalized spacial score (nSPS) is 17.5. The molecule has 15 heteroatoms. The van der Waals surface area contributed by atoms with Gasteiger partial charge in [-0.25, -0.2) is 13.4 Å². The van der Waals surface area contributed by atoms with Crippen molar-refractivity contribution in [1.82, 2.24) is 20.3 Å². The first kappa shape index (κ1) is 48.8. The molecule has 0 bridgehead atoms. The van der Waals surface area contributed by atoms with Gasteiger partial charge in [-0.2, -0.15) is 0 Å². The fraction of sp³-hybridized carbons (Fsp3) is 0.605. The fourth-order valence-corrected chi connectivity index (χ4v) is 11.1. The third kappa shape index (κ3) is 10.8. The fourth-order valence-electron chi connectivity index (χ4n) is 7.23. The van der Waals surface area contributed by atoms with Gasteiger partial charge in [0.05, 0.1) is 35.1 Å². The van der Waals surface area contributed by atoms with Crippen molar-refractivity contribution in [2.45, 2.75) is 147 Å². The van der Waals surface area contributed by atoms with Gasteiger partial charge in [-0.3, -0.25) is 19.4 Å². The highest BCUT2D eigenvalue weighted by atomic mass is 32.2. The van der Waals surface area contributed by atoms with Crippen molar-refractivity contribution < 1.29 is 27.2 Å². The van der Waals surface area contributed by atoms with Gasteiger partial charge in [0.2, 0.25) is 5.91 Å². The second-order valence-corrected chi connectivity index (χ2v) is 25.0. The van der Waals surface area contributed by atoms with E-state index in [2.05, 4.69) is 20.3 Å². The second-order valence-electron chi connectivity index (χ2n) is 18.2. The van der Waals surface area contributed by atoms with E-state index >= 15 is 18.0 Å². The van der Waals surface area contributed by atoms with Crippen molar-refractivity contribution in [3.05, 3.63) is 78.1 Å². The Labute approximate surface area is 347 Å². The predicted molar refractivity (Wildman–Crippen MR) is 232 cm³/mol. The number of amides is 1. The van der Waals surface area contributed by atoms with Crippen LogP contribution in [0.4, 0.5) is 0 Å². The Hall–Kier alpha value is -3.60. The van der Waals surface area contributed by atoms with Crippen molar-refractivity contribution in [3.63, 3.8) is 0 Å². The molecule has 0 saturated carbocycles. The topological polar surface area (TPSA) is 226 Å². The Morgan fingerprint density at radius 3 is 2.07 bits per heavy atom. The lowest BCUT2D eigenvalue weighted by Gasteiger charge is -2.49. The molecule has 8 atom stereocenters. The van der Waals surface area contributed by atoms with Crippen molar-refractivity contribution in [2.75, 3.05) is 0 Å². The first-order valence-corrected chi connectivity index (χ1v) is 24.8. The quantitative estimate of drug-likeness (QED) is 0.0656. The van der Waals surface area contributed by atoms with Crippen LogP contribution in [0.5, 0.6) is 0 Å². The molecule has 1 amide bonds. The number of sulfone groups is 1. The lowest BCUT2D eigenvalue weighted by Crippen LogP contribution is -2.70. The number of aromatic amines is 1. The minimum Gasteiger partial charge on any atom is -0.411 e. The van der Waals surface area contributed by atoms with Gasteiger partial charge in [0.15, 0.2) is 29.7 Å². The van der Waals surface area contributed by atoms with Crippen LogP contribution in [0.25, 0.3) is 0 Å². The van der Waals surface area contributed by atoms with E-state index in [1.807, 2.05) is 68.5 Å². The minimum atomic E-state index is -4.72. The molecule has 0 aliphatic heterocycles. The molecule has 2 unspecified atom stereocenters. The zero-order chi connectivity index (χ0) is 44.0. The molecule has 1 aromatic carbocycles. The van der Waals surface area contributed by atoms with Gasteiger partial charge in [-0.05, 0) is 73.5 Å². The molecule has 0 spiro atoms. The number of nitrogens with one attached hydrogen (secondary N) is 2. The summed E-state index contributed by atoms with van der Waals surface area (Å²) in [5.41, 5.74) is 19.5. The summed E-state index contributed by atoms with van der Waals surface area (Å²) in [7, 11) is -7.67. The largest absolute Gasteiger partial charge is 0.411 e. The van der Waals surface area contributed by atoms with E-state index in [0.29, 0.717) is 18.5 Å². The molecule has 13 nitrogen and oxygen atoms in total.